The number of hydrogen-bond acceptors (Lipinski definition) is 3. The lowest BCUT2D eigenvalue weighted by molar-refractivity contribution is 0.0696. The minimum absolute atomic E-state index is 0.137. The summed E-state index contributed by atoms with van der Waals surface area (Å²) in [5.74, 6) is -1.08. The Morgan fingerprint density at radius 2 is 1.79 bits per heavy atom. The molecule has 6 heteroatoms. The van der Waals surface area contributed by atoms with E-state index in [0.29, 0.717) is 18.5 Å². The van der Waals surface area contributed by atoms with Gasteiger partial charge in [-0.3, -0.25) is 4.79 Å². The number of halogens is 1. The number of amides is 1. The Morgan fingerprint density at radius 3 is 2.38 bits per heavy atom. The zero-order valence-electron chi connectivity index (χ0n) is 13.5. The van der Waals surface area contributed by atoms with Crippen LogP contribution in [0.4, 0.5) is 5.69 Å². The van der Waals surface area contributed by atoms with E-state index in [9.17, 15) is 9.59 Å². The van der Waals surface area contributed by atoms with Gasteiger partial charge in [0.2, 0.25) is 0 Å². The highest BCUT2D eigenvalue weighted by molar-refractivity contribution is 9.10. The molecule has 126 valence electrons. The molecule has 0 fully saturated rings. The third-order valence-corrected chi connectivity index (χ3v) is 4.08. The van der Waals surface area contributed by atoms with Crippen molar-refractivity contribution >= 4 is 33.5 Å². The van der Waals surface area contributed by atoms with Gasteiger partial charge in [-0.2, -0.15) is 0 Å². The number of nitrogens with zero attached hydrogens (tertiary/aromatic N) is 1. The fourth-order valence-corrected chi connectivity index (χ4v) is 2.67. The first-order valence-corrected chi connectivity index (χ1v) is 8.25. The van der Waals surface area contributed by atoms with Crippen molar-refractivity contribution in [2.24, 2.45) is 0 Å². The number of carboxylic acids is 1. The first kappa shape index (κ1) is 18.0. The maximum atomic E-state index is 12.4. The van der Waals surface area contributed by atoms with Crippen molar-refractivity contribution in [1.29, 1.82) is 0 Å². The molecule has 0 aliphatic rings. The summed E-state index contributed by atoms with van der Waals surface area (Å²) in [4.78, 5) is 25.1. The molecule has 2 aromatic rings. The van der Waals surface area contributed by atoms with E-state index in [4.69, 9.17) is 5.11 Å². The molecule has 0 saturated heterocycles. The highest BCUT2D eigenvalue weighted by Gasteiger charge is 2.13. The molecule has 5 nitrogen and oxygen atoms in total. The molecule has 0 aromatic heterocycles. The minimum atomic E-state index is -0.944. The predicted molar refractivity (Wildman–Crippen MR) is 97.9 cm³/mol. The van der Waals surface area contributed by atoms with Crippen LogP contribution in [0, 0.1) is 0 Å². The van der Waals surface area contributed by atoms with Crippen molar-refractivity contribution in [2.75, 3.05) is 25.5 Å². The normalized spacial score (nSPS) is 10.3. The third-order valence-electron chi connectivity index (χ3n) is 3.59. The van der Waals surface area contributed by atoms with Gasteiger partial charge in [0.1, 0.15) is 0 Å². The summed E-state index contributed by atoms with van der Waals surface area (Å²) < 4.78 is 0.850. The molecule has 0 aliphatic carbocycles. The first-order valence-electron chi connectivity index (χ1n) is 7.46. The van der Waals surface area contributed by atoms with Crippen molar-refractivity contribution in [3.05, 3.63) is 63.6 Å². The summed E-state index contributed by atoms with van der Waals surface area (Å²) in [6, 6.07) is 12.3. The lowest BCUT2D eigenvalue weighted by Crippen LogP contribution is -2.27. The molecule has 2 rings (SSSR count). The molecular formula is C18H19BrN2O3. The second-order valence-corrected chi connectivity index (χ2v) is 6.48. The molecule has 0 unspecified atom stereocenters. The van der Waals surface area contributed by atoms with Crippen molar-refractivity contribution in [3.63, 3.8) is 0 Å². The van der Waals surface area contributed by atoms with Crippen LogP contribution >= 0.6 is 15.9 Å². The summed E-state index contributed by atoms with van der Waals surface area (Å²) in [6.07, 6.45) is 0.636. The first-order chi connectivity index (χ1) is 11.4. The average molecular weight is 391 g/mol. The number of aromatic carboxylic acids is 1. The maximum absolute atomic E-state index is 12.4. The van der Waals surface area contributed by atoms with E-state index in [-0.39, 0.29) is 11.5 Å². The largest absolute Gasteiger partial charge is 0.478 e. The zero-order valence-corrected chi connectivity index (χ0v) is 15.1. The number of rotatable bonds is 6. The van der Waals surface area contributed by atoms with Crippen LogP contribution in [0.15, 0.2) is 46.9 Å². The number of carbonyl (C=O) groups excluding carboxylic acids is 1. The number of nitrogens with one attached hydrogen (secondary N) is 1. The van der Waals surface area contributed by atoms with Gasteiger partial charge < -0.3 is 15.3 Å². The Labute approximate surface area is 149 Å². The molecule has 0 saturated carbocycles. The van der Waals surface area contributed by atoms with Gasteiger partial charge in [-0.15, -0.1) is 0 Å². The summed E-state index contributed by atoms with van der Waals surface area (Å²) >= 11 is 3.39. The molecule has 0 spiro atoms. The van der Waals surface area contributed by atoms with Crippen LogP contribution in [0.3, 0.4) is 0 Å². The van der Waals surface area contributed by atoms with Crippen molar-refractivity contribution < 1.29 is 14.7 Å². The number of carboxylic acid groups (broad SMARTS) is 1. The summed E-state index contributed by atoms with van der Waals surface area (Å²) in [5.41, 5.74) is 2.69. The Hall–Kier alpha value is -2.34. The van der Waals surface area contributed by atoms with Gasteiger partial charge in [0, 0.05) is 30.8 Å². The van der Waals surface area contributed by atoms with Gasteiger partial charge in [-0.25, -0.2) is 4.79 Å². The summed E-state index contributed by atoms with van der Waals surface area (Å²) in [6.45, 7) is 0.477. The van der Waals surface area contributed by atoms with E-state index in [2.05, 4.69) is 21.2 Å². The molecule has 0 heterocycles. The Balaban J connectivity index is 1.98. The fourth-order valence-electron chi connectivity index (χ4n) is 2.31. The second-order valence-electron chi connectivity index (χ2n) is 5.56. The Kier molecular flexibility index (Phi) is 5.98. The Morgan fingerprint density at radius 1 is 1.12 bits per heavy atom. The SMILES string of the molecule is CN(C)c1ccc(Br)cc1C(=O)NCCc1ccc(C(=O)O)cc1. The molecular weight excluding hydrogens is 372 g/mol. The van der Waals surface area contributed by atoms with Crippen LogP contribution in [0.5, 0.6) is 0 Å². The van der Waals surface area contributed by atoms with Crippen LogP contribution < -0.4 is 10.2 Å². The maximum Gasteiger partial charge on any atom is 0.335 e. The van der Waals surface area contributed by atoms with Gasteiger partial charge >= 0.3 is 5.97 Å². The van der Waals surface area contributed by atoms with Gasteiger partial charge in [0.05, 0.1) is 11.1 Å². The molecule has 24 heavy (non-hydrogen) atoms. The number of carbonyl (C=O) groups is 2. The molecule has 0 aliphatic heterocycles. The van der Waals surface area contributed by atoms with Crippen LogP contribution in [-0.2, 0) is 6.42 Å². The molecule has 2 aromatic carbocycles. The lowest BCUT2D eigenvalue weighted by Gasteiger charge is -2.17. The minimum Gasteiger partial charge on any atom is -0.478 e. The number of anilines is 1. The Bertz CT molecular complexity index is 742. The van der Waals surface area contributed by atoms with E-state index in [0.717, 1.165) is 15.7 Å². The zero-order chi connectivity index (χ0) is 17.7. The fraction of sp³-hybridized carbons (Fsp3) is 0.222. The van der Waals surface area contributed by atoms with Crippen molar-refractivity contribution in [3.8, 4) is 0 Å². The van der Waals surface area contributed by atoms with Gasteiger partial charge in [0.15, 0.2) is 0 Å². The molecule has 2 N–H and O–H groups in total. The monoisotopic (exact) mass is 390 g/mol. The van der Waals surface area contributed by atoms with E-state index < -0.39 is 5.97 Å². The molecule has 0 atom stereocenters. The molecule has 0 radical (unpaired) electrons. The lowest BCUT2D eigenvalue weighted by atomic mass is 10.1. The highest BCUT2D eigenvalue weighted by atomic mass is 79.9. The van der Waals surface area contributed by atoms with Gasteiger partial charge in [-0.05, 0) is 42.3 Å². The summed E-state index contributed by atoms with van der Waals surface area (Å²) in [7, 11) is 3.79. The van der Waals surface area contributed by atoms with Crippen molar-refractivity contribution in [1.82, 2.24) is 5.32 Å². The standard InChI is InChI=1S/C18H19BrN2O3/c1-21(2)16-8-7-14(19)11-15(16)17(22)20-10-9-12-3-5-13(6-4-12)18(23)24/h3-8,11H,9-10H2,1-2H3,(H,20,22)(H,23,24). The molecule has 0 bridgehead atoms. The third kappa shape index (κ3) is 4.58. The van der Waals surface area contributed by atoms with Crippen LogP contribution in [0.1, 0.15) is 26.3 Å². The van der Waals surface area contributed by atoms with E-state index in [1.165, 1.54) is 0 Å². The number of hydrogen-bond donors (Lipinski definition) is 2. The van der Waals surface area contributed by atoms with E-state index >= 15 is 0 Å². The smallest absolute Gasteiger partial charge is 0.335 e. The van der Waals surface area contributed by atoms with Crippen LogP contribution in [0.2, 0.25) is 0 Å². The predicted octanol–water partition coefficient (Wildman–Crippen LogP) is 3.19. The quantitative estimate of drug-likeness (QED) is 0.794. The number of benzene rings is 2. The highest BCUT2D eigenvalue weighted by Crippen LogP contribution is 2.23. The second kappa shape index (κ2) is 7.97. The van der Waals surface area contributed by atoms with Crippen molar-refractivity contribution in [2.45, 2.75) is 6.42 Å². The molecule has 1 amide bonds. The van der Waals surface area contributed by atoms with E-state index in [1.807, 2.05) is 31.1 Å². The van der Waals surface area contributed by atoms with Gasteiger partial charge in [-0.1, -0.05) is 28.1 Å². The van der Waals surface area contributed by atoms with Crippen LogP contribution in [-0.4, -0.2) is 37.6 Å². The van der Waals surface area contributed by atoms with Crippen LogP contribution in [0.25, 0.3) is 0 Å². The van der Waals surface area contributed by atoms with Gasteiger partial charge in [0.25, 0.3) is 5.91 Å². The summed E-state index contributed by atoms with van der Waals surface area (Å²) in [5, 5.41) is 11.8. The topological polar surface area (TPSA) is 69.6 Å². The average Bonchev–Trinajstić information content (AvgIpc) is 2.54. The van der Waals surface area contributed by atoms with E-state index in [1.54, 1.807) is 30.3 Å².